The van der Waals surface area contributed by atoms with Gasteiger partial charge in [-0.1, -0.05) is 13.8 Å². The number of amides is 1. The summed E-state index contributed by atoms with van der Waals surface area (Å²) in [6, 6.07) is 5.20. The van der Waals surface area contributed by atoms with Crippen LogP contribution in [0.5, 0.6) is 17.4 Å². The molecule has 0 radical (unpaired) electrons. The Morgan fingerprint density at radius 1 is 1.16 bits per heavy atom. The number of anilines is 1. The van der Waals surface area contributed by atoms with Gasteiger partial charge in [0.25, 0.3) is 5.91 Å². The molecule has 0 aliphatic rings. The SMILES string of the molecule is CCCOc1nn(CCC)cc1C(=O)Nc1ccc(OC)c(OC)c1. The van der Waals surface area contributed by atoms with Crippen molar-refractivity contribution in [2.24, 2.45) is 0 Å². The molecule has 1 N–H and O–H groups in total. The normalized spacial score (nSPS) is 10.4. The lowest BCUT2D eigenvalue weighted by Gasteiger charge is -2.10. The van der Waals surface area contributed by atoms with Gasteiger partial charge in [-0.15, -0.1) is 5.10 Å². The molecule has 2 rings (SSSR count). The Morgan fingerprint density at radius 2 is 1.92 bits per heavy atom. The van der Waals surface area contributed by atoms with Gasteiger partial charge in [0.1, 0.15) is 5.56 Å². The van der Waals surface area contributed by atoms with Crippen molar-refractivity contribution in [3.05, 3.63) is 30.0 Å². The highest BCUT2D eigenvalue weighted by Crippen LogP contribution is 2.30. The van der Waals surface area contributed by atoms with Crippen molar-refractivity contribution < 1.29 is 19.0 Å². The number of methoxy groups -OCH3 is 2. The quantitative estimate of drug-likeness (QED) is 0.753. The van der Waals surface area contributed by atoms with Crippen LogP contribution in [0.3, 0.4) is 0 Å². The van der Waals surface area contributed by atoms with E-state index in [1.807, 2.05) is 6.92 Å². The molecule has 1 aromatic carbocycles. The van der Waals surface area contributed by atoms with E-state index < -0.39 is 0 Å². The molecule has 0 saturated carbocycles. The number of ether oxygens (including phenoxy) is 3. The third kappa shape index (κ3) is 4.65. The van der Waals surface area contributed by atoms with Gasteiger partial charge in [-0.3, -0.25) is 9.48 Å². The maximum Gasteiger partial charge on any atom is 0.262 e. The van der Waals surface area contributed by atoms with Crippen LogP contribution >= 0.6 is 0 Å². The Hall–Kier alpha value is -2.70. The first-order chi connectivity index (χ1) is 12.1. The van der Waals surface area contributed by atoms with E-state index >= 15 is 0 Å². The van der Waals surface area contributed by atoms with Crippen LogP contribution in [-0.2, 0) is 6.54 Å². The first kappa shape index (κ1) is 18.6. The Balaban J connectivity index is 2.21. The first-order valence-corrected chi connectivity index (χ1v) is 8.36. The van der Waals surface area contributed by atoms with Crippen LogP contribution < -0.4 is 19.5 Å². The second-order valence-electron chi connectivity index (χ2n) is 5.48. The first-order valence-electron chi connectivity index (χ1n) is 8.36. The number of rotatable bonds is 9. The molecule has 25 heavy (non-hydrogen) atoms. The lowest BCUT2D eigenvalue weighted by molar-refractivity contribution is 0.102. The minimum Gasteiger partial charge on any atom is -0.493 e. The van der Waals surface area contributed by atoms with Crippen LogP contribution in [0.1, 0.15) is 37.0 Å². The van der Waals surface area contributed by atoms with E-state index in [-0.39, 0.29) is 5.91 Å². The summed E-state index contributed by atoms with van der Waals surface area (Å²) >= 11 is 0. The molecule has 1 heterocycles. The zero-order chi connectivity index (χ0) is 18.2. The Labute approximate surface area is 147 Å². The number of aromatic nitrogens is 2. The van der Waals surface area contributed by atoms with Gasteiger partial charge in [-0.05, 0) is 25.0 Å². The summed E-state index contributed by atoms with van der Waals surface area (Å²) in [5.74, 6) is 1.22. The monoisotopic (exact) mass is 347 g/mol. The Bertz CT molecular complexity index is 712. The van der Waals surface area contributed by atoms with Crippen molar-refractivity contribution in [2.75, 3.05) is 26.1 Å². The van der Waals surface area contributed by atoms with Crippen LogP contribution in [0.15, 0.2) is 24.4 Å². The van der Waals surface area contributed by atoms with Gasteiger partial charge in [0, 0.05) is 24.5 Å². The van der Waals surface area contributed by atoms with Crippen LogP contribution in [-0.4, -0.2) is 36.5 Å². The lowest BCUT2D eigenvalue weighted by Crippen LogP contribution is -2.13. The summed E-state index contributed by atoms with van der Waals surface area (Å²) in [4.78, 5) is 12.7. The van der Waals surface area contributed by atoms with E-state index in [9.17, 15) is 4.79 Å². The van der Waals surface area contributed by atoms with E-state index in [2.05, 4.69) is 17.3 Å². The fourth-order valence-electron chi connectivity index (χ4n) is 2.32. The van der Waals surface area contributed by atoms with E-state index in [1.165, 1.54) is 0 Å². The highest BCUT2D eigenvalue weighted by molar-refractivity contribution is 6.05. The van der Waals surface area contributed by atoms with Gasteiger partial charge in [-0.2, -0.15) is 0 Å². The highest BCUT2D eigenvalue weighted by Gasteiger charge is 2.18. The molecule has 0 aliphatic heterocycles. The van der Waals surface area contributed by atoms with E-state index in [0.717, 1.165) is 19.4 Å². The van der Waals surface area contributed by atoms with Crippen LogP contribution in [0.25, 0.3) is 0 Å². The smallest absolute Gasteiger partial charge is 0.262 e. The number of hydrogen-bond acceptors (Lipinski definition) is 5. The molecule has 1 amide bonds. The van der Waals surface area contributed by atoms with Gasteiger partial charge in [-0.25, -0.2) is 0 Å². The summed E-state index contributed by atoms with van der Waals surface area (Å²) in [5.41, 5.74) is 1.02. The second-order valence-corrected chi connectivity index (χ2v) is 5.48. The summed E-state index contributed by atoms with van der Waals surface area (Å²) in [6.45, 7) is 5.30. The predicted octanol–water partition coefficient (Wildman–Crippen LogP) is 3.35. The fourth-order valence-corrected chi connectivity index (χ4v) is 2.32. The highest BCUT2D eigenvalue weighted by atomic mass is 16.5. The molecular weight excluding hydrogens is 322 g/mol. The molecule has 0 unspecified atom stereocenters. The predicted molar refractivity (Wildman–Crippen MR) is 95.8 cm³/mol. The fraction of sp³-hybridized carbons (Fsp3) is 0.444. The van der Waals surface area contributed by atoms with Crippen molar-refractivity contribution in [1.82, 2.24) is 9.78 Å². The molecule has 0 bridgehead atoms. The van der Waals surface area contributed by atoms with Gasteiger partial charge in [0.05, 0.1) is 20.8 Å². The maximum absolute atomic E-state index is 12.7. The van der Waals surface area contributed by atoms with Crippen LogP contribution in [0, 0.1) is 0 Å². The number of carbonyl (C=O) groups is 1. The Morgan fingerprint density at radius 3 is 2.56 bits per heavy atom. The minimum atomic E-state index is -0.277. The molecule has 0 atom stereocenters. The largest absolute Gasteiger partial charge is 0.493 e. The van der Waals surface area contributed by atoms with Crippen molar-refractivity contribution in [3.8, 4) is 17.4 Å². The topological polar surface area (TPSA) is 74.6 Å². The summed E-state index contributed by atoms with van der Waals surface area (Å²) in [7, 11) is 3.12. The van der Waals surface area contributed by atoms with Crippen molar-refractivity contribution in [1.29, 1.82) is 0 Å². The third-order valence-electron chi connectivity index (χ3n) is 3.51. The number of hydrogen-bond donors (Lipinski definition) is 1. The average Bonchev–Trinajstić information content (AvgIpc) is 3.03. The molecule has 0 fully saturated rings. The van der Waals surface area contributed by atoms with Gasteiger partial charge >= 0.3 is 0 Å². The molecule has 7 heteroatoms. The molecule has 1 aromatic heterocycles. The molecular formula is C18H25N3O4. The second kappa shape index (κ2) is 8.96. The maximum atomic E-state index is 12.7. The van der Waals surface area contributed by atoms with Crippen LogP contribution in [0.4, 0.5) is 5.69 Å². The van der Waals surface area contributed by atoms with E-state index in [4.69, 9.17) is 14.2 Å². The standard InChI is InChI=1S/C18H25N3O4/c1-5-9-21-12-14(18(20-21)25-10-6-2)17(22)19-13-7-8-15(23-3)16(11-13)24-4/h7-8,11-12H,5-6,9-10H2,1-4H3,(H,19,22). The molecule has 2 aromatic rings. The zero-order valence-electron chi connectivity index (χ0n) is 15.2. The van der Waals surface area contributed by atoms with Gasteiger partial charge in [0.2, 0.25) is 5.88 Å². The van der Waals surface area contributed by atoms with Gasteiger partial charge in [0.15, 0.2) is 11.5 Å². The number of benzene rings is 1. The molecule has 136 valence electrons. The molecule has 7 nitrogen and oxygen atoms in total. The van der Waals surface area contributed by atoms with Gasteiger partial charge < -0.3 is 19.5 Å². The van der Waals surface area contributed by atoms with Crippen molar-refractivity contribution in [3.63, 3.8) is 0 Å². The van der Waals surface area contributed by atoms with Crippen molar-refractivity contribution in [2.45, 2.75) is 33.2 Å². The summed E-state index contributed by atoms with van der Waals surface area (Å²) in [6.07, 6.45) is 3.48. The van der Waals surface area contributed by atoms with Crippen LogP contribution in [0.2, 0.25) is 0 Å². The molecule has 0 saturated heterocycles. The number of nitrogens with zero attached hydrogens (tertiary/aromatic N) is 2. The van der Waals surface area contributed by atoms with E-state index in [1.54, 1.807) is 43.3 Å². The van der Waals surface area contributed by atoms with Crippen molar-refractivity contribution >= 4 is 11.6 Å². The third-order valence-corrected chi connectivity index (χ3v) is 3.51. The Kier molecular flexibility index (Phi) is 6.68. The molecule has 0 spiro atoms. The molecule has 0 aliphatic carbocycles. The number of aryl methyl sites for hydroxylation is 1. The zero-order valence-corrected chi connectivity index (χ0v) is 15.2. The summed E-state index contributed by atoms with van der Waals surface area (Å²) < 4.78 is 17.8. The lowest BCUT2D eigenvalue weighted by atomic mass is 10.2. The minimum absolute atomic E-state index is 0.277. The van der Waals surface area contributed by atoms with E-state index in [0.29, 0.717) is 35.2 Å². The number of nitrogens with one attached hydrogen (secondary N) is 1. The average molecular weight is 347 g/mol. The number of carbonyl (C=O) groups excluding carboxylic acids is 1. The summed E-state index contributed by atoms with van der Waals surface area (Å²) in [5, 5.41) is 7.20.